The van der Waals surface area contributed by atoms with E-state index in [0.29, 0.717) is 11.4 Å². The van der Waals surface area contributed by atoms with Crippen molar-refractivity contribution in [1.82, 2.24) is 10.2 Å². The van der Waals surface area contributed by atoms with Crippen LogP contribution in [0, 0.1) is 5.82 Å². The lowest BCUT2D eigenvalue weighted by molar-refractivity contribution is 0.0692. The predicted molar refractivity (Wildman–Crippen MR) is 90.5 cm³/mol. The number of carbonyl (C=O) groups is 2. The van der Waals surface area contributed by atoms with E-state index in [2.05, 4.69) is 15.5 Å². The molecule has 0 saturated heterocycles. The third kappa shape index (κ3) is 4.04. The molecule has 0 unspecified atom stereocenters. The molecular formula is C17H12FN3O3S. The summed E-state index contributed by atoms with van der Waals surface area (Å²) < 4.78 is 12.9. The quantitative estimate of drug-likeness (QED) is 0.731. The first-order chi connectivity index (χ1) is 12.0. The number of carboxylic acids is 1. The van der Waals surface area contributed by atoms with Gasteiger partial charge in [0.25, 0.3) is 5.91 Å². The number of benzene rings is 2. The largest absolute Gasteiger partial charge is 0.478 e. The lowest BCUT2D eigenvalue weighted by Crippen LogP contribution is -2.16. The lowest BCUT2D eigenvalue weighted by atomic mass is 10.1. The maximum atomic E-state index is 12.9. The molecule has 126 valence electrons. The summed E-state index contributed by atoms with van der Waals surface area (Å²) in [6.45, 7) is 0. The van der Waals surface area contributed by atoms with Crippen molar-refractivity contribution in [1.29, 1.82) is 0 Å². The number of hydrogen-bond donors (Lipinski definition) is 2. The highest BCUT2D eigenvalue weighted by molar-refractivity contribution is 7.15. The Morgan fingerprint density at radius 1 is 1.04 bits per heavy atom. The summed E-state index contributed by atoms with van der Waals surface area (Å²) >= 11 is 1.17. The van der Waals surface area contributed by atoms with Gasteiger partial charge in [0, 0.05) is 6.42 Å². The fourth-order valence-corrected chi connectivity index (χ4v) is 2.95. The first-order valence-electron chi connectivity index (χ1n) is 7.23. The molecule has 2 aromatic carbocycles. The fourth-order valence-electron chi connectivity index (χ4n) is 2.18. The van der Waals surface area contributed by atoms with E-state index in [4.69, 9.17) is 5.11 Å². The van der Waals surface area contributed by atoms with Crippen molar-refractivity contribution >= 4 is 28.3 Å². The van der Waals surface area contributed by atoms with E-state index in [9.17, 15) is 14.0 Å². The van der Waals surface area contributed by atoms with Crippen LogP contribution in [0.2, 0.25) is 0 Å². The minimum absolute atomic E-state index is 0.0466. The second-order valence-corrected chi connectivity index (χ2v) is 6.17. The lowest BCUT2D eigenvalue weighted by Gasteiger charge is -2.04. The highest BCUT2D eigenvalue weighted by Crippen LogP contribution is 2.20. The van der Waals surface area contributed by atoms with E-state index in [1.54, 1.807) is 24.3 Å². The number of halogens is 1. The summed E-state index contributed by atoms with van der Waals surface area (Å²) in [5, 5.41) is 20.5. The van der Waals surface area contributed by atoms with E-state index in [0.717, 1.165) is 5.56 Å². The molecule has 2 N–H and O–H groups in total. The Hall–Kier alpha value is -3.13. The normalized spacial score (nSPS) is 10.4. The van der Waals surface area contributed by atoms with Crippen molar-refractivity contribution in [2.24, 2.45) is 0 Å². The van der Waals surface area contributed by atoms with E-state index in [-0.39, 0.29) is 22.1 Å². The van der Waals surface area contributed by atoms with Gasteiger partial charge in [0.2, 0.25) is 5.13 Å². The van der Waals surface area contributed by atoms with E-state index in [1.165, 1.54) is 35.6 Å². The molecule has 6 nitrogen and oxygen atoms in total. The molecule has 25 heavy (non-hydrogen) atoms. The van der Waals surface area contributed by atoms with Gasteiger partial charge in [0.05, 0.1) is 11.1 Å². The smallest absolute Gasteiger partial charge is 0.336 e. The van der Waals surface area contributed by atoms with Crippen LogP contribution in [0.4, 0.5) is 9.52 Å². The molecule has 0 fully saturated rings. The van der Waals surface area contributed by atoms with Crippen molar-refractivity contribution in [2.45, 2.75) is 6.42 Å². The minimum atomic E-state index is -1.18. The molecular weight excluding hydrogens is 345 g/mol. The standard InChI is InChI=1S/C17H12FN3O3S/c18-11-7-5-10(6-8-11)9-14-20-21-17(25-14)19-15(22)12-3-1-2-4-13(12)16(23)24/h1-8H,9H2,(H,23,24)(H,19,21,22). The van der Waals surface area contributed by atoms with Crippen molar-refractivity contribution in [3.8, 4) is 0 Å². The molecule has 0 saturated carbocycles. The number of carbonyl (C=O) groups excluding carboxylic acids is 1. The summed E-state index contributed by atoms with van der Waals surface area (Å²) in [4.78, 5) is 23.4. The van der Waals surface area contributed by atoms with Crippen LogP contribution in [0.5, 0.6) is 0 Å². The second-order valence-electron chi connectivity index (χ2n) is 5.11. The number of carboxylic acid groups (broad SMARTS) is 1. The van der Waals surface area contributed by atoms with Gasteiger partial charge >= 0.3 is 5.97 Å². The average molecular weight is 357 g/mol. The SMILES string of the molecule is O=C(O)c1ccccc1C(=O)Nc1nnc(Cc2ccc(F)cc2)s1. The first-order valence-corrected chi connectivity index (χ1v) is 8.05. The van der Waals surface area contributed by atoms with Crippen molar-refractivity contribution in [2.75, 3.05) is 5.32 Å². The van der Waals surface area contributed by atoms with Crippen LogP contribution in [0.3, 0.4) is 0 Å². The van der Waals surface area contributed by atoms with Crippen molar-refractivity contribution in [3.05, 3.63) is 76.0 Å². The van der Waals surface area contributed by atoms with Crippen LogP contribution in [-0.4, -0.2) is 27.2 Å². The number of aromatic carboxylic acids is 1. The van der Waals surface area contributed by atoms with Gasteiger partial charge in [-0.2, -0.15) is 0 Å². The van der Waals surface area contributed by atoms with Gasteiger partial charge in [-0.1, -0.05) is 35.6 Å². The summed E-state index contributed by atoms with van der Waals surface area (Å²) in [6, 6.07) is 11.9. The molecule has 1 aromatic heterocycles. The molecule has 0 spiro atoms. The molecule has 1 amide bonds. The van der Waals surface area contributed by atoms with Crippen LogP contribution < -0.4 is 5.32 Å². The molecule has 3 rings (SSSR count). The Balaban J connectivity index is 1.72. The van der Waals surface area contributed by atoms with Crippen LogP contribution in [0.15, 0.2) is 48.5 Å². The van der Waals surface area contributed by atoms with Crippen LogP contribution >= 0.6 is 11.3 Å². The summed E-state index contributed by atoms with van der Waals surface area (Å²) in [6.07, 6.45) is 0.458. The number of hydrogen-bond acceptors (Lipinski definition) is 5. The number of aromatic nitrogens is 2. The van der Waals surface area contributed by atoms with E-state index in [1.807, 2.05) is 0 Å². The molecule has 0 atom stereocenters. The molecule has 0 aliphatic rings. The van der Waals surface area contributed by atoms with Gasteiger partial charge in [-0.15, -0.1) is 10.2 Å². The zero-order valence-electron chi connectivity index (χ0n) is 12.8. The van der Waals surface area contributed by atoms with Gasteiger partial charge < -0.3 is 5.11 Å². The monoisotopic (exact) mass is 357 g/mol. The zero-order valence-corrected chi connectivity index (χ0v) is 13.6. The number of nitrogens with zero attached hydrogens (tertiary/aromatic N) is 2. The highest BCUT2D eigenvalue weighted by atomic mass is 32.1. The third-order valence-electron chi connectivity index (χ3n) is 3.36. The molecule has 8 heteroatoms. The Bertz CT molecular complexity index is 925. The van der Waals surface area contributed by atoms with Gasteiger partial charge in [-0.3, -0.25) is 10.1 Å². The molecule has 0 radical (unpaired) electrons. The van der Waals surface area contributed by atoms with Gasteiger partial charge in [0.1, 0.15) is 10.8 Å². The van der Waals surface area contributed by atoms with Gasteiger partial charge in [-0.05, 0) is 29.8 Å². The maximum Gasteiger partial charge on any atom is 0.336 e. The Labute approximate surface area is 146 Å². The molecule has 1 heterocycles. The third-order valence-corrected chi connectivity index (χ3v) is 4.20. The molecule has 0 bridgehead atoms. The van der Waals surface area contributed by atoms with E-state index < -0.39 is 11.9 Å². The maximum absolute atomic E-state index is 12.9. The minimum Gasteiger partial charge on any atom is -0.478 e. The molecule has 3 aromatic rings. The van der Waals surface area contributed by atoms with Crippen LogP contribution in [0.1, 0.15) is 31.3 Å². The fraction of sp³-hybridized carbons (Fsp3) is 0.0588. The summed E-state index contributed by atoms with van der Waals surface area (Å²) in [7, 11) is 0. The Kier molecular flexibility index (Phi) is 4.80. The first kappa shape index (κ1) is 16.7. The van der Waals surface area contributed by atoms with Crippen LogP contribution in [-0.2, 0) is 6.42 Å². The number of anilines is 1. The summed E-state index contributed by atoms with van der Waals surface area (Å²) in [5.41, 5.74) is 0.827. The number of amides is 1. The van der Waals surface area contributed by atoms with Crippen molar-refractivity contribution in [3.63, 3.8) is 0 Å². The average Bonchev–Trinajstić information content (AvgIpc) is 3.03. The zero-order chi connectivity index (χ0) is 17.8. The highest BCUT2D eigenvalue weighted by Gasteiger charge is 2.17. The summed E-state index contributed by atoms with van der Waals surface area (Å²) in [5.74, 6) is -2.06. The topological polar surface area (TPSA) is 92.2 Å². The Morgan fingerprint density at radius 2 is 1.72 bits per heavy atom. The van der Waals surface area contributed by atoms with Crippen molar-refractivity contribution < 1.29 is 19.1 Å². The van der Waals surface area contributed by atoms with E-state index >= 15 is 0 Å². The van der Waals surface area contributed by atoms with Gasteiger partial charge in [0.15, 0.2) is 0 Å². The number of nitrogens with one attached hydrogen (secondary N) is 1. The molecule has 0 aliphatic heterocycles. The van der Waals surface area contributed by atoms with Gasteiger partial charge in [-0.25, -0.2) is 9.18 Å². The van der Waals surface area contributed by atoms with Crippen LogP contribution in [0.25, 0.3) is 0 Å². The predicted octanol–water partition coefficient (Wildman–Crippen LogP) is 3.22. The number of rotatable bonds is 5. The second kappa shape index (κ2) is 7.18. The molecule has 0 aliphatic carbocycles. The Morgan fingerprint density at radius 3 is 2.40 bits per heavy atom.